The lowest BCUT2D eigenvalue weighted by molar-refractivity contribution is -0.120. The molecule has 5 nitrogen and oxygen atoms in total. The number of halogens is 2. The highest BCUT2D eigenvalue weighted by Crippen LogP contribution is 2.32. The molecule has 0 aliphatic heterocycles. The maximum Gasteiger partial charge on any atom is 0.387 e. The van der Waals surface area contributed by atoms with Gasteiger partial charge >= 0.3 is 6.61 Å². The van der Waals surface area contributed by atoms with E-state index >= 15 is 0 Å². The normalized spacial score (nSPS) is 10.4. The lowest BCUT2D eigenvalue weighted by atomic mass is 10.2. The van der Waals surface area contributed by atoms with Crippen LogP contribution in [0.4, 0.5) is 8.78 Å². The number of methoxy groups -OCH3 is 1. The van der Waals surface area contributed by atoms with E-state index in [2.05, 4.69) is 15.4 Å². The largest absolute Gasteiger partial charge is 0.493 e. The second kappa shape index (κ2) is 8.31. The number of amides is 1. The van der Waals surface area contributed by atoms with E-state index in [-0.39, 0.29) is 17.4 Å². The van der Waals surface area contributed by atoms with Gasteiger partial charge in [0, 0.05) is 32.1 Å². The fourth-order valence-corrected chi connectivity index (χ4v) is 1.63. The first-order chi connectivity index (χ1) is 9.58. The van der Waals surface area contributed by atoms with Crippen LogP contribution in [-0.4, -0.2) is 33.2 Å². The Morgan fingerprint density at radius 2 is 2.15 bits per heavy atom. The summed E-state index contributed by atoms with van der Waals surface area (Å²) in [7, 11) is 2.94. The predicted octanol–water partition coefficient (Wildman–Crippen LogP) is 1.52. The molecule has 2 N–H and O–H groups in total. The van der Waals surface area contributed by atoms with Crippen molar-refractivity contribution in [3.63, 3.8) is 0 Å². The summed E-state index contributed by atoms with van der Waals surface area (Å²) < 4.78 is 34.3. The van der Waals surface area contributed by atoms with Gasteiger partial charge in [-0.25, -0.2) is 0 Å². The topological polar surface area (TPSA) is 59.6 Å². The molecule has 112 valence electrons. The second-order valence-electron chi connectivity index (χ2n) is 3.93. The average molecular weight is 288 g/mol. The summed E-state index contributed by atoms with van der Waals surface area (Å²) in [5, 5.41) is 5.49. The molecule has 1 amide bonds. The summed E-state index contributed by atoms with van der Waals surface area (Å²) in [5.74, 6) is 0.167. The first kappa shape index (κ1) is 16.2. The molecule has 0 heterocycles. The Bertz CT molecular complexity index is 442. The zero-order valence-electron chi connectivity index (χ0n) is 11.4. The Morgan fingerprint density at radius 3 is 2.75 bits per heavy atom. The van der Waals surface area contributed by atoms with Crippen LogP contribution in [0.3, 0.4) is 0 Å². The summed E-state index contributed by atoms with van der Waals surface area (Å²) in [4.78, 5) is 11.0. The smallest absolute Gasteiger partial charge is 0.387 e. The zero-order chi connectivity index (χ0) is 15.0. The van der Waals surface area contributed by atoms with Gasteiger partial charge in [-0.15, -0.1) is 0 Å². The second-order valence-corrected chi connectivity index (χ2v) is 3.93. The van der Waals surface area contributed by atoms with Gasteiger partial charge in [0.05, 0.1) is 7.11 Å². The molecule has 0 radical (unpaired) electrons. The van der Waals surface area contributed by atoms with E-state index in [4.69, 9.17) is 4.74 Å². The lowest BCUT2D eigenvalue weighted by Gasteiger charge is -2.14. The number of nitrogens with one attached hydrogen (secondary N) is 2. The quantitative estimate of drug-likeness (QED) is 0.712. The molecule has 0 fully saturated rings. The van der Waals surface area contributed by atoms with Crippen LogP contribution < -0.4 is 20.1 Å². The van der Waals surface area contributed by atoms with Crippen molar-refractivity contribution < 1.29 is 23.0 Å². The molecule has 7 heteroatoms. The highest BCUT2D eigenvalue weighted by molar-refractivity contribution is 5.75. The third-order valence-corrected chi connectivity index (χ3v) is 2.61. The van der Waals surface area contributed by atoms with E-state index in [1.807, 2.05) is 0 Å². The van der Waals surface area contributed by atoms with Crippen LogP contribution in [0.1, 0.15) is 12.0 Å². The first-order valence-corrected chi connectivity index (χ1v) is 6.10. The number of hydrogen-bond donors (Lipinski definition) is 2. The molecule has 0 aliphatic carbocycles. The molecule has 1 aromatic carbocycles. The third-order valence-electron chi connectivity index (χ3n) is 2.61. The molecule has 0 bridgehead atoms. The van der Waals surface area contributed by atoms with Crippen LogP contribution in [0.5, 0.6) is 11.5 Å². The maximum absolute atomic E-state index is 12.4. The van der Waals surface area contributed by atoms with E-state index in [0.717, 1.165) is 0 Å². The van der Waals surface area contributed by atoms with Gasteiger partial charge in [-0.05, 0) is 6.07 Å². The summed E-state index contributed by atoms with van der Waals surface area (Å²) in [5.41, 5.74) is 0.543. The van der Waals surface area contributed by atoms with Crippen molar-refractivity contribution in [2.45, 2.75) is 19.6 Å². The number of carbonyl (C=O) groups excluding carboxylic acids is 1. The molecule has 1 rings (SSSR count). The number of benzene rings is 1. The van der Waals surface area contributed by atoms with Crippen LogP contribution >= 0.6 is 0 Å². The molecular weight excluding hydrogens is 270 g/mol. The van der Waals surface area contributed by atoms with Gasteiger partial charge < -0.3 is 20.1 Å². The van der Waals surface area contributed by atoms with Gasteiger partial charge in [0.1, 0.15) is 0 Å². The predicted molar refractivity (Wildman–Crippen MR) is 70.0 cm³/mol. The van der Waals surface area contributed by atoms with Crippen molar-refractivity contribution in [1.82, 2.24) is 10.6 Å². The maximum atomic E-state index is 12.4. The molecule has 0 unspecified atom stereocenters. The van der Waals surface area contributed by atoms with Crippen LogP contribution in [0.25, 0.3) is 0 Å². The summed E-state index contributed by atoms with van der Waals surface area (Å²) in [6.45, 7) is -2.18. The minimum absolute atomic E-state index is 0.0115. The molecule has 0 atom stereocenters. The highest BCUT2D eigenvalue weighted by Gasteiger charge is 2.14. The summed E-state index contributed by atoms with van der Waals surface area (Å²) in [6.07, 6.45) is 0.311. The molecule has 0 aromatic heterocycles. The number of para-hydroxylation sites is 1. The SMILES string of the molecule is CNC(=O)CCNCc1cccc(OC)c1OC(F)F. The van der Waals surface area contributed by atoms with Gasteiger partial charge in [-0.1, -0.05) is 12.1 Å². The minimum atomic E-state index is -2.92. The number of alkyl halides is 2. The molecule has 20 heavy (non-hydrogen) atoms. The van der Waals surface area contributed by atoms with Gasteiger partial charge in [-0.2, -0.15) is 8.78 Å². The van der Waals surface area contributed by atoms with E-state index < -0.39 is 6.61 Å². The van der Waals surface area contributed by atoms with Crippen molar-refractivity contribution >= 4 is 5.91 Å². The van der Waals surface area contributed by atoms with Crippen molar-refractivity contribution in [2.75, 3.05) is 20.7 Å². The van der Waals surface area contributed by atoms with E-state index in [9.17, 15) is 13.6 Å². The zero-order valence-corrected chi connectivity index (χ0v) is 11.4. The minimum Gasteiger partial charge on any atom is -0.493 e. The number of rotatable bonds is 8. The van der Waals surface area contributed by atoms with Crippen molar-refractivity contribution in [1.29, 1.82) is 0 Å². The van der Waals surface area contributed by atoms with Gasteiger partial charge in [0.25, 0.3) is 0 Å². The molecule has 0 aliphatic rings. The van der Waals surface area contributed by atoms with Crippen molar-refractivity contribution in [2.24, 2.45) is 0 Å². The standard InChI is InChI=1S/C13H18F2N2O3/c1-16-11(18)6-7-17-8-9-4-3-5-10(19-2)12(9)20-13(14)15/h3-5,13,17H,6-8H2,1-2H3,(H,16,18). The van der Waals surface area contributed by atoms with Crippen molar-refractivity contribution in [3.05, 3.63) is 23.8 Å². The number of carbonyl (C=O) groups is 1. The van der Waals surface area contributed by atoms with E-state index in [0.29, 0.717) is 25.1 Å². The molecule has 1 aromatic rings. The third kappa shape index (κ3) is 5.00. The van der Waals surface area contributed by atoms with Crippen LogP contribution in [0.2, 0.25) is 0 Å². The molecule has 0 saturated carbocycles. The van der Waals surface area contributed by atoms with E-state index in [1.54, 1.807) is 25.2 Å². The summed E-state index contributed by atoms with van der Waals surface area (Å²) in [6, 6.07) is 4.89. The van der Waals surface area contributed by atoms with Gasteiger partial charge in [0.15, 0.2) is 11.5 Å². The van der Waals surface area contributed by atoms with Crippen LogP contribution in [-0.2, 0) is 11.3 Å². The highest BCUT2D eigenvalue weighted by atomic mass is 19.3. The van der Waals surface area contributed by atoms with Crippen LogP contribution in [0.15, 0.2) is 18.2 Å². The van der Waals surface area contributed by atoms with Gasteiger partial charge in [0.2, 0.25) is 5.91 Å². The Balaban J connectivity index is 2.66. The Kier molecular flexibility index (Phi) is 6.72. The van der Waals surface area contributed by atoms with Crippen molar-refractivity contribution in [3.8, 4) is 11.5 Å². The average Bonchev–Trinajstić information content (AvgIpc) is 2.43. The van der Waals surface area contributed by atoms with E-state index in [1.165, 1.54) is 7.11 Å². The molecular formula is C13H18F2N2O3. The monoisotopic (exact) mass is 288 g/mol. The molecule has 0 saturated heterocycles. The Hall–Kier alpha value is -1.89. The number of hydrogen-bond acceptors (Lipinski definition) is 4. The van der Waals surface area contributed by atoms with Gasteiger partial charge in [-0.3, -0.25) is 4.79 Å². The fraction of sp³-hybridized carbons (Fsp3) is 0.462. The Morgan fingerprint density at radius 1 is 1.40 bits per heavy atom. The Labute approximate surface area is 116 Å². The number of ether oxygens (including phenoxy) is 2. The van der Waals surface area contributed by atoms with Crippen LogP contribution in [0, 0.1) is 0 Å². The fourth-order valence-electron chi connectivity index (χ4n) is 1.63. The summed E-state index contributed by atoms with van der Waals surface area (Å²) >= 11 is 0. The first-order valence-electron chi connectivity index (χ1n) is 6.10. The lowest BCUT2D eigenvalue weighted by Crippen LogP contribution is -2.24. The molecule has 0 spiro atoms.